The summed E-state index contributed by atoms with van der Waals surface area (Å²) in [4.78, 5) is 16.7. The number of carbonyl (C=O) groups excluding carboxylic acids is 1. The molecule has 1 N–H and O–H groups in total. The Kier molecular flexibility index (Phi) is 5.60. The van der Waals surface area contributed by atoms with E-state index in [2.05, 4.69) is 17.1 Å². The Labute approximate surface area is 116 Å². The fraction of sp³-hybridized carbons (Fsp3) is 0.929. The number of nitrogens with zero attached hydrogens (tertiary/aromatic N) is 2. The van der Waals surface area contributed by atoms with Crippen LogP contribution in [0.3, 0.4) is 0 Å². The van der Waals surface area contributed by atoms with E-state index in [0.717, 1.165) is 32.7 Å². The highest BCUT2D eigenvalue weighted by Crippen LogP contribution is 2.11. The molecule has 0 bridgehead atoms. The third kappa shape index (κ3) is 3.91. The number of amides is 1. The first-order valence-electron chi connectivity index (χ1n) is 7.56. The molecule has 0 aromatic rings. The maximum Gasteiger partial charge on any atom is 0.239 e. The van der Waals surface area contributed by atoms with Gasteiger partial charge in [-0.2, -0.15) is 0 Å². The molecule has 2 aliphatic rings. The van der Waals surface area contributed by atoms with E-state index in [1.165, 1.54) is 12.8 Å². The number of morpholine rings is 1. The molecular weight excluding hydrogens is 242 g/mol. The van der Waals surface area contributed by atoms with Crippen LogP contribution in [0.2, 0.25) is 0 Å². The van der Waals surface area contributed by atoms with Gasteiger partial charge in [-0.3, -0.25) is 9.69 Å². The van der Waals surface area contributed by atoms with Gasteiger partial charge >= 0.3 is 0 Å². The van der Waals surface area contributed by atoms with Crippen molar-refractivity contribution >= 4 is 5.91 Å². The number of carbonyl (C=O) groups is 1. The zero-order chi connectivity index (χ0) is 13.7. The fourth-order valence-electron chi connectivity index (χ4n) is 2.96. The number of nitrogens with one attached hydrogen (secondary N) is 1. The first-order valence-corrected chi connectivity index (χ1v) is 7.56. The molecule has 2 unspecified atom stereocenters. The van der Waals surface area contributed by atoms with Gasteiger partial charge in [-0.15, -0.1) is 0 Å². The van der Waals surface area contributed by atoms with E-state index in [0.29, 0.717) is 19.3 Å². The Hall–Kier alpha value is -0.650. The van der Waals surface area contributed by atoms with Gasteiger partial charge in [0.1, 0.15) is 0 Å². The van der Waals surface area contributed by atoms with E-state index in [1.807, 2.05) is 11.8 Å². The molecule has 2 heterocycles. The van der Waals surface area contributed by atoms with Crippen molar-refractivity contribution < 1.29 is 9.53 Å². The molecule has 5 nitrogen and oxygen atoms in total. The van der Waals surface area contributed by atoms with Crippen LogP contribution < -0.4 is 5.32 Å². The van der Waals surface area contributed by atoms with Crippen LogP contribution in [0.15, 0.2) is 0 Å². The molecule has 19 heavy (non-hydrogen) atoms. The minimum atomic E-state index is -0.0227. The Balaban J connectivity index is 1.86. The topological polar surface area (TPSA) is 44.8 Å². The van der Waals surface area contributed by atoms with Gasteiger partial charge in [0.15, 0.2) is 0 Å². The van der Waals surface area contributed by atoms with E-state index in [4.69, 9.17) is 4.74 Å². The second kappa shape index (κ2) is 7.22. The molecule has 0 aromatic heterocycles. The van der Waals surface area contributed by atoms with Gasteiger partial charge < -0.3 is 15.0 Å². The highest BCUT2D eigenvalue weighted by Gasteiger charge is 2.28. The van der Waals surface area contributed by atoms with Gasteiger partial charge in [-0.1, -0.05) is 6.92 Å². The highest BCUT2D eigenvalue weighted by molar-refractivity contribution is 5.81. The molecule has 2 atom stereocenters. The van der Waals surface area contributed by atoms with Crippen LogP contribution in [0.1, 0.15) is 26.7 Å². The van der Waals surface area contributed by atoms with Gasteiger partial charge in [-0.25, -0.2) is 0 Å². The number of likely N-dealkylation sites (N-methyl/N-ethyl adjacent to an activating group) is 1. The number of rotatable bonds is 5. The summed E-state index contributed by atoms with van der Waals surface area (Å²) in [6.45, 7) is 10.0. The van der Waals surface area contributed by atoms with Gasteiger partial charge in [0, 0.05) is 25.7 Å². The summed E-state index contributed by atoms with van der Waals surface area (Å²) in [6.07, 6.45) is 2.49. The minimum absolute atomic E-state index is 0.0227. The van der Waals surface area contributed by atoms with Crippen molar-refractivity contribution in [2.75, 3.05) is 45.9 Å². The van der Waals surface area contributed by atoms with E-state index < -0.39 is 0 Å². The molecule has 0 aromatic carbocycles. The van der Waals surface area contributed by atoms with Crippen LogP contribution >= 0.6 is 0 Å². The van der Waals surface area contributed by atoms with Crippen LogP contribution in [-0.4, -0.2) is 73.7 Å². The lowest BCUT2D eigenvalue weighted by atomic mass is 10.1. The standard InChI is InChI=1S/C14H27N3O2/c1-3-16(11-13-5-4-6-15-13)12(2)14(18)17-7-9-19-10-8-17/h12-13,15H,3-11H2,1-2H3. The van der Waals surface area contributed by atoms with E-state index >= 15 is 0 Å². The zero-order valence-corrected chi connectivity index (χ0v) is 12.2. The summed E-state index contributed by atoms with van der Waals surface area (Å²) in [7, 11) is 0. The lowest BCUT2D eigenvalue weighted by Gasteiger charge is -2.35. The predicted octanol–water partition coefficient (Wildman–Crippen LogP) is 0.308. The number of hydrogen-bond donors (Lipinski definition) is 1. The van der Waals surface area contributed by atoms with E-state index in [-0.39, 0.29) is 11.9 Å². The van der Waals surface area contributed by atoms with Crippen LogP contribution in [0.5, 0.6) is 0 Å². The average Bonchev–Trinajstić information content (AvgIpc) is 2.97. The highest BCUT2D eigenvalue weighted by atomic mass is 16.5. The monoisotopic (exact) mass is 269 g/mol. The lowest BCUT2D eigenvalue weighted by molar-refractivity contribution is -0.140. The van der Waals surface area contributed by atoms with Gasteiger partial charge in [-0.05, 0) is 32.9 Å². The second-order valence-electron chi connectivity index (χ2n) is 5.49. The molecule has 2 saturated heterocycles. The molecular formula is C14H27N3O2. The molecule has 0 spiro atoms. The Bertz CT molecular complexity index is 286. The molecule has 0 aliphatic carbocycles. The number of ether oxygens (including phenoxy) is 1. The summed E-state index contributed by atoms with van der Waals surface area (Å²) in [5.74, 6) is 0.253. The van der Waals surface area contributed by atoms with E-state index in [9.17, 15) is 4.79 Å². The second-order valence-corrected chi connectivity index (χ2v) is 5.49. The largest absolute Gasteiger partial charge is 0.378 e. The summed E-state index contributed by atoms with van der Waals surface area (Å²) in [5, 5.41) is 3.51. The summed E-state index contributed by atoms with van der Waals surface area (Å²) in [5.41, 5.74) is 0. The molecule has 110 valence electrons. The van der Waals surface area contributed by atoms with Crippen LogP contribution in [-0.2, 0) is 9.53 Å². The summed E-state index contributed by atoms with van der Waals surface area (Å²) in [6, 6.07) is 0.533. The van der Waals surface area contributed by atoms with Crippen molar-refractivity contribution in [3.63, 3.8) is 0 Å². The maximum atomic E-state index is 12.5. The fourth-order valence-corrected chi connectivity index (χ4v) is 2.96. The van der Waals surface area contributed by atoms with Crippen LogP contribution in [0, 0.1) is 0 Å². The van der Waals surface area contributed by atoms with Crippen LogP contribution in [0.25, 0.3) is 0 Å². The molecule has 0 radical (unpaired) electrons. The van der Waals surface area contributed by atoms with Crippen molar-refractivity contribution in [1.82, 2.24) is 15.1 Å². The Morgan fingerprint density at radius 2 is 2.21 bits per heavy atom. The molecule has 2 aliphatic heterocycles. The van der Waals surface area contributed by atoms with Crippen molar-refractivity contribution in [3.05, 3.63) is 0 Å². The SMILES string of the molecule is CCN(CC1CCCN1)C(C)C(=O)N1CCOCC1. The van der Waals surface area contributed by atoms with Crippen molar-refractivity contribution in [1.29, 1.82) is 0 Å². The Morgan fingerprint density at radius 3 is 2.79 bits per heavy atom. The molecule has 1 amide bonds. The lowest BCUT2D eigenvalue weighted by Crippen LogP contribution is -2.52. The third-order valence-corrected chi connectivity index (χ3v) is 4.25. The van der Waals surface area contributed by atoms with Gasteiger partial charge in [0.2, 0.25) is 5.91 Å². The molecule has 5 heteroatoms. The zero-order valence-electron chi connectivity index (χ0n) is 12.2. The first kappa shape index (κ1) is 14.8. The molecule has 0 saturated carbocycles. The third-order valence-electron chi connectivity index (χ3n) is 4.25. The smallest absolute Gasteiger partial charge is 0.239 e. The first-order chi connectivity index (χ1) is 9.22. The average molecular weight is 269 g/mol. The van der Waals surface area contributed by atoms with Crippen molar-refractivity contribution in [2.45, 2.75) is 38.8 Å². The maximum absolute atomic E-state index is 12.5. The van der Waals surface area contributed by atoms with E-state index in [1.54, 1.807) is 0 Å². The van der Waals surface area contributed by atoms with Crippen molar-refractivity contribution in [2.24, 2.45) is 0 Å². The summed E-state index contributed by atoms with van der Waals surface area (Å²) >= 11 is 0. The minimum Gasteiger partial charge on any atom is -0.378 e. The van der Waals surface area contributed by atoms with Gasteiger partial charge in [0.05, 0.1) is 19.3 Å². The van der Waals surface area contributed by atoms with Crippen LogP contribution in [0.4, 0.5) is 0 Å². The summed E-state index contributed by atoms with van der Waals surface area (Å²) < 4.78 is 5.31. The quantitative estimate of drug-likeness (QED) is 0.780. The number of hydrogen-bond acceptors (Lipinski definition) is 4. The van der Waals surface area contributed by atoms with Crippen molar-refractivity contribution in [3.8, 4) is 0 Å². The molecule has 2 rings (SSSR count). The predicted molar refractivity (Wildman–Crippen MR) is 75.1 cm³/mol. The normalized spacial score (nSPS) is 25.8. The van der Waals surface area contributed by atoms with Gasteiger partial charge in [0.25, 0.3) is 0 Å². The molecule has 2 fully saturated rings. The Morgan fingerprint density at radius 1 is 1.47 bits per heavy atom.